The third kappa shape index (κ3) is 9.34. The number of aliphatic carboxylic acids is 2. The quantitative estimate of drug-likeness (QED) is 0.428. The average molecular weight is 370 g/mol. The van der Waals surface area contributed by atoms with Crippen molar-refractivity contribution in [3.8, 4) is 0 Å². The van der Waals surface area contributed by atoms with E-state index in [1.807, 2.05) is 20.8 Å². The second kappa shape index (κ2) is 11.3. The molecule has 1 heterocycles. The van der Waals surface area contributed by atoms with Crippen LogP contribution >= 0.6 is 0 Å². The molecule has 0 aromatic carbocycles. The number of nitrogens with zero attached hydrogens (tertiary/aromatic N) is 1. The molecule has 0 aromatic heterocycles. The van der Waals surface area contributed by atoms with Crippen LogP contribution in [0.25, 0.3) is 0 Å². The van der Waals surface area contributed by atoms with Gasteiger partial charge >= 0.3 is 11.9 Å². The van der Waals surface area contributed by atoms with Gasteiger partial charge in [-0.05, 0) is 44.1 Å². The van der Waals surface area contributed by atoms with Crippen LogP contribution in [-0.2, 0) is 14.3 Å². The monoisotopic (exact) mass is 369 g/mol. The van der Waals surface area contributed by atoms with Gasteiger partial charge in [0, 0.05) is 24.2 Å². The molecule has 1 rings (SSSR count). The van der Waals surface area contributed by atoms with E-state index >= 15 is 0 Å². The predicted octanol–water partition coefficient (Wildman–Crippen LogP) is 3.56. The number of carboxylic acids is 2. The first-order valence-electron chi connectivity index (χ1n) is 9.69. The number of carbonyl (C=O) groups is 2. The van der Waals surface area contributed by atoms with Gasteiger partial charge < -0.3 is 14.9 Å². The Labute approximate surface area is 157 Å². The fourth-order valence-corrected chi connectivity index (χ4v) is 3.09. The number of morpholine rings is 1. The summed E-state index contributed by atoms with van der Waals surface area (Å²) in [4.78, 5) is 25.5. The van der Waals surface area contributed by atoms with Crippen LogP contribution in [0.5, 0.6) is 0 Å². The van der Waals surface area contributed by atoms with Crippen LogP contribution in [0.3, 0.4) is 0 Å². The van der Waals surface area contributed by atoms with Gasteiger partial charge in [0.1, 0.15) is 0 Å². The van der Waals surface area contributed by atoms with Gasteiger partial charge in [-0.15, -0.1) is 0 Å². The van der Waals surface area contributed by atoms with Crippen molar-refractivity contribution in [2.75, 3.05) is 32.8 Å². The molecule has 150 valence electrons. The van der Waals surface area contributed by atoms with E-state index in [2.05, 4.69) is 4.90 Å². The van der Waals surface area contributed by atoms with E-state index in [-0.39, 0.29) is 16.6 Å². The lowest BCUT2D eigenvalue weighted by Gasteiger charge is -2.26. The van der Waals surface area contributed by atoms with E-state index in [1.165, 1.54) is 0 Å². The van der Waals surface area contributed by atoms with Crippen molar-refractivity contribution in [3.63, 3.8) is 0 Å². The van der Waals surface area contributed by atoms with E-state index in [9.17, 15) is 19.8 Å². The Morgan fingerprint density at radius 3 is 1.96 bits per heavy atom. The lowest BCUT2D eigenvalue weighted by molar-refractivity contribution is -0.136. The lowest BCUT2D eigenvalue weighted by Crippen LogP contribution is -2.36. The third-order valence-corrected chi connectivity index (χ3v) is 4.76. The second-order valence-electron chi connectivity index (χ2n) is 8.25. The summed E-state index contributed by atoms with van der Waals surface area (Å²) in [6.45, 7) is 10.7. The molecule has 0 saturated carbocycles. The Kier molecular flexibility index (Phi) is 9.88. The molecule has 0 amide bonds. The van der Waals surface area contributed by atoms with Crippen molar-refractivity contribution in [2.24, 2.45) is 5.41 Å². The van der Waals surface area contributed by atoms with Crippen molar-refractivity contribution < 1.29 is 24.5 Å². The van der Waals surface area contributed by atoms with Crippen LogP contribution in [0, 0.1) is 5.41 Å². The van der Waals surface area contributed by atoms with E-state index in [1.54, 1.807) is 0 Å². The fourth-order valence-electron chi connectivity index (χ4n) is 3.09. The minimum absolute atomic E-state index is 0.0240. The predicted molar refractivity (Wildman–Crippen MR) is 101 cm³/mol. The number of hydrogen-bond donors (Lipinski definition) is 2. The molecule has 6 nitrogen and oxygen atoms in total. The van der Waals surface area contributed by atoms with Gasteiger partial charge in [0.2, 0.25) is 0 Å². The van der Waals surface area contributed by atoms with Crippen LogP contribution in [0.15, 0.2) is 11.1 Å². The molecule has 0 unspecified atom stereocenters. The van der Waals surface area contributed by atoms with Crippen LogP contribution in [-0.4, -0.2) is 59.9 Å². The Balaban J connectivity index is 2.44. The first-order chi connectivity index (χ1) is 12.2. The molecule has 0 bridgehead atoms. The molecule has 6 heteroatoms. The molecule has 0 atom stereocenters. The van der Waals surface area contributed by atoms with Crippen molar-refractivity contribution in [3.05, 3.63) is 11.1 Å². The maximum Gasteiger partial charge on any atom is 0.332 e. The summed E-state index contributed by atoms with van der Waals surface area (Å²) >= 11 is 0. The zero-order valence-electron chi connectivity index (χ0n) is 16.6. The van der Waals surface area contributed by atoms with E-state index in [0.29, 0.717) is 19.3 Å². The van der Waals surface area contributed by atoms with Gasteiger partial charge in [-0.1, -0.05) is 33.6 Å². The first kappa shape index (κ1) is 22.6. The van der Waals surface area contributed by atoms with Crippen LogP contribution in [0.1, 0.15) is 65.7 Å². The summed E-state index contributed by atoms with van der Waals surface area (Å²) in [6, 6.07) is 0. The number of ether oxygens (including phenoxy) is 1. The molecule has 2 N–H and O–H groups in total. The molecule has 0 aliphatic carbocycles. The van der Waals surface area contributed by atoms with E-state index in [4.69, 9.17) is 4.74 Å². The Hall–Kier alpha value is -1.40. The molecule has 0 radical (unpaired) electrons. The van der Waals surface area contributed by atoms with Gasteiger partial charge in [0.25, 0.3) is 0 Å². The average Bonchev–Trinajstić information content (AvgIpc) is 2.55. The molecular weight excluding hydrogens is 334 g/mol. The van der Waals surface area contributed by atoms with Crippen molar-refractivity contribution in [2.45, 2.75) is 65.7 Å². The van der Waals surface area contributed by atoms with Crippen LogP contribution in [0.2, 0.25) is 0 Å². The van der Waals surface area contributed by atoms with Crippen LogP contribution < -0.4 is 0 Å². The normalized spacial score (nSPS) is 17.0. The molecule has 1 fully saturated rings. The topological polar surface area (TPSA) is 87.1 Å². The molecule has 0 spiro atoms. The Morgan fingerprint density at radius 2 is 1.42 bits per heavy atom. The fraction of sp³-hybridized carbons (Fsp3) is 0.800. The standard InChI is InChI=1S/C20H35NO5/c1-20(2,3)10-9-17(19(24)25)16(18(22)23)8-6-4-5-7-11-21-12-14-26-15-13-21/h4-15H2,1-3H3,(H,22,23)(H,24,25). The molecule has 1 aliphatic rings. The molecule has 0 aromatic rings. The molecule has 1 aliphatic heterocycles. The lowest BCUT2D eigenvalue weighted by atomic mass is 9.87. The first-order valence-corrected chi connectivity index (χ1v) is 9.69. The number of carboxylic acid groups (broad SMARTS) is 2. The molecular formula is C20H35NO5. The third-order valence-electron chi connectivity index (χ3n) is 4.76. The summed E-state index contributed by atoms with van der Waals surface area (Å²) in [5.41, 5.74) is 0.125. The Bertz CT molecular complexity index is 487. The van der Waals surface area contributed by atoms with Gasteiger partial charge in [0.05, 0.1) is 13.2 Å². The highest BCUT2D eigenvalue weighted by Gasteiger charge is 2.22. The number of hydrogen-bond acceptors (Lipinski definition) is 4. The summed E-state index contributed by atoms with van der Waals surface area (Å²) in [5.74, 6) is -2.19. The summed E-state index contributed by atoms with van der Waals surface area (Å²) < 4.78 is 5.33. The Morgan fingerprint density at radius 1 is 0.885 bits per heavy atom. The highest BCUT2D eigenvalue weighted by atomic mass is 16.5. The van der Waals surface area contributed by atoms with E-state index < -0.39 is 11.9 Å². The number of unbranched alkanes of at least 4 members (excludes halogenated alkanes) is 3. The summed E-state index contributed by atoms with van der Waals surface area (Å²) in [7, 11) is 0. The smallest absolute Gasteiger partial charge is 0.332 e. The SMILES string of the molecule is CC(C)(C)CCC(C(=O)O)=C(CCCCCCN1CCOCC1)C(=O)O. The number of rotatable bonds is 11. The zero-order valence-corrected chi connectivity index (χ0v) is 16.6. The minimum Gasteiger partial charge on any atom is -0.478 e. The summed E-state index contributed by atoms with van der Waals surface area (Å²) in [5, 5.41) is 18.9. The maximum atomic E-state index is 11.6. The van der Waals surface area contributed by atoms with Gasteiger partial charge in [-0.3, -0.25) is 4.90 Å². The van der Waals surface area contributed by atoms with Crippen molar-refractivity contribution in [1.82, 2.24) is 4.90 Å². The van der Waals surface area contributed by atoms with Gasteiger partial charge in [0.15, 0.2) is 0 Å². The molecule has 1 saturated heterocycles. The van der Waals surface area contributed by atoms with Crippen molar-refractivity contribution >= 4 is 11.9 Å². The molecule has 26 heavy (non-hydrogen) atoms. The second-order valence-corrected chi connectivity index (χ2v) is 8.25. The maximum absolute atomic E-state index is 11.6. The zero-order chi connectivity index (χ0) is 19.6. The largest absolute Gasteiger partial charge is 0.478 e. The van der Waals surface area contributed by atoms with Gasteiger partial charge in [-0.2, -0.15) is 0 Å². The van der Waals surface area contributed by atoms with Crippen molar-refractivity contribution in [1.29, 1.82) is 0 Å². The van der Waals surface area contributed by atoms with E-state index in [0.717, 1.165) is 58.5 Å². The highest BCUT2D eigenvalue weighted by molar-refractivity contribution is 5.98. The summed E-state index contributed by atoms with van der Waals surface area (Å²) in [6.07, 6.45) is 5.06. The van der Waals surface area contributed by atoms with Crippen LogP contribution in [0.4, 0.5) is 0 Å². The minimum atomic E-state index is -1.10. The highest BCUT2D eigenvalue weighted by Crippen LogP contribution is 2.26. The van der Waals surface area contributed by atoms with Gasteiger partial charge in [-0.25, -0.2) is 9.59 Å².